The van der Waals surface area contributed by atoms with Crippen LogP contribution in [0.2, 0.25) is 0 Å². The summed E-state index contributed by atoms with van der Waals surface area (Å²) in [6.45, 7) is 5.46. The van der Waals surface area contributed by atoms with Gasteiger partial charge >= 0.3 is 0 Å². The van der Waals surface area contributed by atoms with E-state index in [-0.39, 0.29) is 0 Å². The van der Waals surface area contributed by atoms with Crippen LogP contribution in [-0.4, -0.2) is 18.1 Å². The van der Waals surface area contributed by atoms with Crippen molar-refractivity contribution in [2.45, 2.75) is 13.8 Å². The Morgan fingerprint density at radius 2 is 1.92 bits per heavy atom. The number of nitrogens with one attached hydrogen (secondary N) is 1. The SMILES string of the molecule is CC.NCCNc1ccncc1. The first kappa shape index (κ1) is 10.9. The van der Waals surface area contributed by atoms with Gasteiger partial charge in [0.25, 0.3) is 0 Å². The molecule has 0 aromatic carbocycles. The van der Waals surface area contributed by atoms with Crippen molar-refractivity contribution in [1.29, 1.82) is 0 Å². The van der Waals surface area contributed by atoms with Crippen LogP contribution in [-0.2, 0) is 0 Å². The molecule has 0 aliphatic heterocycles. The Kier molecular flexibility index (Phi) is 7.28. The molecule has 0 spiro atoms. The lowest BCUT2D eigenvalue weighted by Crippen LogP contribution is -2.12. The first-order chi connectivity index (χ1) is 5.93. The number of nitrogens with zero attached hydrogens (tertiary/aromatic N) is 1. The van der Waals surface area contributed by atoms with Crippen LogP contribution < -0.4 is 11.1 Å². The van der Waals surface area contributed by atoms with Crippen molar-refractivity contribution >= 4 is 5.69 Å². The highest BCUT2D eigenvalue weighted by molar-refractivity contribution is 5.40. The summed E-state index contributed by atoms with van der Waals surface area (Å²) in [5, 5.41) is 3.13. The molecule has 0 saturated carbocycles. The van der Waals surface area contributed by atoms with Gasteiger partial charge in [-0.25, -0.2) is 0 Å². The van der Waals surface area contributed by atoms with Gasteiger partial charge in [-0.2, -0.15) is 0 Å². The van der Waals surface area contributed by atoms with Gasteiger partial charge in [0.05, 0.1) is 0 Å². The molecule has 0 atom stereocenters. The second-order valence-electron chi connectivity index (χ2n) is 1.95. The molecule has 0 aliphatic rings. The number of hydrogen-bond acceptors (Lipinski definition) is 3. The van der Waals surface area contributed by atoms with Crippen molar-refractivity contribution in [1.82, 2.24) is 4.98 Å². The molecular weight excluding hydrogens is 150 g/mol. The zero-order chi connectivity index (χ0) is 9.23. The second-order valence-corrected chi connectivity index (χ2v) is 1.95. The van der Waals surface area contributed by atoms with E-state index in [2.05, 4.69) is 10.3 Å². The Hall–Kier alpha value is -1.09. The molecule has 0 bridgehead atoms. The molecule has 3 N–H and O–H groups in total. The van der Waals surface area contributed by atoms with E-state index in [9.17, 15) is 0 Å². The normalized spacial score (nSPS) is 8.25. The molecule has 3 heteroatoms. The highest BCUT2D eigenvalue weighted by Gasteiger charge is 1.84. The van der Waals surface area contributed by atoms with Gasteiger partial charge in [-0.05, 0) is 12.1 Å². The Bertz CT molecular complexity index is 174. The summed E-state index contributed by atoms with van der Waals surface area (Å²) in [6.07, 6.45) is 3.50. The van der Waals surface area contributed by atoms with Crippen LogP contribution in [0.15, 0.2) is 24.5 Å². The van der Waals surface area contributed by atoms with E-state index in [1.54, 1.807) is 12.4 Å². The summed E-state index contributed by atoms with van der Waals surface area (Å²) < 4.78 is 0. The third-order valence-electron chi connectivity index (χ3n) is 1.15. The zero-order valence-corrected chi connectivity index (χ0v) is 7.75. The Balaban J connectivity index is 0.000000561. The maximum absolute atomic E-state index is 5.30. The van der Waals surface area contributed by atoms with Crippen LogP contribution >= 0.6 is 0 Å². The van der Waals surface area contributed by atoms with Crippen molar-refractivity contribution in [2.75, 3.05) is 18.4 Å². The van der Waals surface area contributed by atoms with E-state index in [1.165, 1.54) is 0 Å². The van der Waals surface area contributed by atoms with Crippen molar-refractivity contribution < 1.29 is 0 Å². The quantitative estimate of drug-likeness (QED) is 0.717. The lowest BCUT2D eigenvalue weighted by molar-refractivity contribution is 1.02. The monoisotopic (exact) mass is 167 g/mol. The highest BCUT2D eigenvalue weighted by Crippen LogP contribution is 2.00. The molecular formula is C9H17N3. The van der Waals surface area contributed by atoms with E-state index < -0.39 is 0 Å². The first-order valence-electron chi connectivity index (χ1n) is 4.27. The number of rotatable bonds is 3. The van der Waals surface area contributed by atoms with Crippen LogP contribution in [0.4, 0.5) is 5.69 Å². The fourth-order valence-corrected chi connectivity index (χ4v) is 0.686. The van der Waals surface area contributed by atoms with Crippen LogP contribution in [0.3, 0.4) is 0 Å². The fourth-order valence-electron chi connectivity index (χ4n) is 0.686. The van der Waals surface area contributed by atoms with E-state index in [4.69, 9.17) is 5.73 Å². The molecule has 0 aliphatic carbocycles. The minimum Gasteiger partial charge on any atom is -0.384 e. The van der Waals surface area contributed by atoms with Crippen molar-refractivity contribution in [2.24, 2.45) is 5.73 Å². The van der Waals surface area contributed by atoms with Gasteiger partial charge in [-0.3, -0.25) is 4.98 Å². The summed E-state index contributed by atoms with van der Waals surface area (Å²) in [4.78, 5) is 3.88. The summed E-state index contributed by atoms with van der Waals surface area (Å²) in [5.41, 5.74) is 6.37. The predicted octanol–water partition coefficient (Wildman–Crippen LogP) is 1.48. The van der Waals surface area contributed by atoms with Crippen LogP contribution in [0.5, 0.6) is 0 Å². The van der Waals surface area contributed by atoms with Crippen LogP contribution in [0.25, 0.3) is 0 Å². The van der Waals surface area contributed by atoms with Crippen LogP contribution in [0.1, 0.15) is 13.8 Å². The molecule has 3 nitrogen and oxygen atoms in total. The minimum absolute atomic E-state index is 0.655. The van der Waals surface area contributed by atoms with E-state index in [0.29, 0.717) is 6.54 Å². The molecule has 1 rings (SSSR count). The Labute approximate surface area is 74.0 Å². The maximum Gasteiger partial charge on any atom is 0.0371 e. The molecule has 0 fully saturated rings. The lowest BCUT2D eigenvalue weighted by Gasteiger charge is -2.01. The van der Waals surface area contributed by atoms with Crippen molar-refractivity contribution in [3.8, 4) is 0 Å². The number of hydrogen-bond donors (Lipinski definition) is 2. The van der Waals surface area contributed by atoms with Gasteiger partial charge in [0.1, 0.15) is 0 Å². The van der Waals surface area contributed by atoms with Gasteiger partial charge < -0.3 is 11.1 Å². The third kappa shape index (κ3) is 4.68. The summed E-state index contributed by atoms with van der Waals surface area (Å²) in [6, 6.07) is 3.82. The molecule has 1 aromatic rings. The summed E-state index contributed by atoms with van der Waals surface area (Å²) >= 11 is 0. The van der Waals surface area contributed by atoms with Gasteiger partial charge in [0, 0.05) is 31.2 Å². The summed E-state index contributed by atoms with van der Waals surface area (Å²) in [7, 11) is 0. The van der Waals surface area contributed by atoms with Crippen LogP contribution in [0, 0.1) is 0 Å². The highest BCUT2D eigenvalue weighted by atomic mass is 14.9. The largest absolute Gasteiger partial charge is 0.384 e. The summed E-state index contributed by atoms with van der Waals surface area (Å²) in [5.74, 6) is 0. The van der Waals surface area contributed by atoms with Gasteiger partial charge in [0.2, 0.25) is 0 Å². The van der Waals surface area contributed by atoms with E-state index in [1.807, 2.05) is 26.0 Å². The van der Waals surface area contributed by atoms with Crippen molar-refractivity contribution in [3.63, 3.8) is 0 Å². The zero-order valence-electron chi connectivity index (χ0n) is 7.75. The maximum atomic E-state index is 5.30. The number of anilines is 1. The smallest absolute Gasteiger partial charge is 0.0371 e. The predicted molar refractivity (Wildman–Crippen MR) is 53.1 cm³/mol. The Morgan fingerprint density at radius 3 is 2.42 bits per heavy atom. The topological polar surface area (TPSA) is 50.9 Å². The second kappa shape index (κ2) is 8.01. The fraction of sp³-hybridized carbons (Fsp3) is 0.444. The van der Waals surface area contributed by atoms with E-state index >= 15 is 0 Å². The molecule has 68 valence electrons. The van der Waals surface area contributed by atoms with Gasteiger partial charge in [-0.15, -0.1) is 0 Å². The van der Waals surface area contributed by atoms with E-state index in [0.717, 1.165) is 12.2 Å². The lowest BCUT2D eigenvalue weighted by atomic mass is 10.4. The Morgan fingerprint density at radius 1 is 1.33 bits per heavy atom. The number of nitrogens with two attached hydrogens (primary N) is 1. The van der Waals surface area contributed by atoms with Gasteiger partial charge in [-0.1, -0.05) is 13.8 Å². The first-order valence-corrected chi connectivity index (χ1v) is 4.27. The standard InChI is InChI=1S/C7H11N3.C2H6/c8-3-6-10-7-1-4-9-5-2-7;1-2/h1-2,4-5H,3,6,8H2,(H,9,10);1-2H3. The third-order valence-corrected chi connectivity index (χ3v) is 1.15. The molecule has 12 heavy (non-hydrogen) atoms. The minimum atomic E-state index is 0.655. The molecule has 1 heterocycles. The average Bonchev–Trinajstić information content (AvgIpc) is 2.19. The van der Waals surface area contributed by atoms with Gasteiger partial charge in [0.15, 0.2) is 0 Å². The average molecular weight is 167 g/mol. The molecule has 0 radical (unpaired) electrons. The molecule has 1 aromatic heterocycles. The number of pyridine rings is 1. The molecule has 0 unspecified atom stereocenters. The molecule has 0 amide bonds. The molecule has 0 saturated heterocycles. The number of aromatic nitrogens is 1. The van der Waals surface area contributed by atoms with Crippen molar-refractivity contribution in [3.05, 3.63) is 24.5 Å².